The molecule has 0 saturated carbocycles. The zero-order valence-corrected chi connectivity index (χ0v) is 11.4. The minimum absolute atomic E-state index is 0.139. The molecule has 2 heterocycles. The summed E-state index contributed by atoms with van der Waals surface area (Å²) in [7, 11) is 0. The van der Waals surface area contributed by atoms with Gasteiger partial charge in [0.15, 0.2) is 0 Å². The third-order valence-electron chi connectivity index (χ3n) is 3.14. The van der Waals surface area contributed by atoms with Crippen LogP contribution >= 0.6 is 0 Å². The summed E-state index contributed by atoms with van der Waals surface area (Å²) < 4.78 is 0. The van der Waals surface area contributed by atoms with Gasteiger partial charge in [-0.2, -0.15) is 0 Å². The van der Waals surface area contributed by atoms with Gasteiger partial charge in [-0.1, -0.05) is 24.3 Å². The van der Waals surface area contributed by atoms with E-state index in [1.165, 1.54) is 6.08 Å². The second-order valence-corrected chi connectivity index (χ2v) is 4.68. The van der Waals surface area contributed by atoms with Gasteiger partial charge in [0.05, 0.1) is 17.8 Å². The van der Waals surface area contributed by atoms with E-state index in [0.717, 1.165) is 22.3 Å². The summed E-state index contributed by atoms with van der Waals surface area (Å²) in [6.07, 6.45) is 5.05. The number of carbonyl (C=O) groups is 1. The zero-order chi connectivity index (χ0) is 14.5. The molecule has 0 aliphatic rings. The van der Waals surface area contributed by atoms with Gasteiger partial charge < -0.3 is 10.3 Å². The number of pyridine rings is 1. The van der Waals surface area contributed by atoms with Crippen molar-refractivity contribution >= 4 is 22.9 Å². The Morgan fingerprint density at radius 3 is 2.90 bits per heavy atom. The Morgan fingerprint density at radius 1 is 1.14 bits per heavy atom. The van der Waals surface area contributed by atoms with Crippen molar-refractivity contribution < 1.29 is 4.79 Å². The number of aromatic amines is 1. The van der Waals surface area contributed by atoms with Gasteiger partial charge in [-0.3, -0.25) is 4.79 Å². The van der Waals surface area contributed by atoms with E-state index < -0.39 is 0 Å². The van der Waals surface area contributed by atoms with Gasteiger partial charge in [0.25, 0.3) is 0 Å². The Morgan fingerprint density at radius 2 is 2.05 bits per heavy atom. The number of hydrogen-bond donors (Lipinski definition) is 2. The van der Waals surface area contributed by atoms with E-state index in [9.17, 15) is 4.79 Å². The van der Waals surface area contributed by atoms with E-state index in [4.69, 9.17) is 0 Å². The number of carbonyl (C=O) groups excluding carboxylic acids is 1. The van der Waals surface area contributed by atoms with Crippen molar-refractivity contribution in [3.8, 4) is 0 Å². The quantitative estimate of drug-likeness (QED) is 0.720. The largest absolute Gasteiger partial charge is 0.364 e. The summed E-state index contributed by atoms with van der Waals surface area (Å²) in [6, 6.07) is 15.6. The van der Waals surface area contributed by atoms with Crippen molar-refractivity contribution in [1.82, 2.24) is 15.3 Å². The first kappa shape index (κ1) is 13.1. The van der Waals surface area contributed by atoms with Gasteiger partial charge >= 0.3 is 0 Å². The number of H-pyrrole nitrogens is 1. The molecule has 0 atom stereocenters. The smallest absolute Gasteiger partial charge is 0.244 e. The van der Waals surface area contributed by atoms with Crippen molar-refractivity contribution in [2.75, 3.05) is 0 Å². The molecule has 3 rings (SSSR count). The molecule has 4 heteroatoms. The Balaban J connectivity index is 1.65. The molecule has 0 aliphatic heterocycles. The van der Waals surface area contributed by atoms with E-state index >= 15 is 0 Å². The maximum absolute atomic E-state index is 11.7. The topological polar surface area (TPSA) is 57.8 Å². The zero-order valence-electron chi connectivity index (χ0n) is 11.4. The Labute approximate surface area is 122 Å². The van der Waals surface area contributed by atoms with Gasteiger partial charge in [0.2, 0.25) is 5.91 Å². The molecule has 2 N–H and O–H groups in total. The van der Waals surface area contributed by atoms with Gasteiger partial charge in [0.1, 0.15) is 0 Å². The second-order valence-electron chi connectivity index (χ2n) is 4.68. The van der Waals surface area contributed by atoms with Crippen LogP contribution in [0.15, 0.2) is 60.8 Å². The molecule has 3 aromatic rings. The molecule has 0 radical (unpaired) electrons. The highest BCUT2D eigenvalue weighted by Gasteiger charge is 1.98. The number of nitrogens with one attached hydrogen (secondary N) is 2. The second kappa shape index (κ2) is 6.05. The third kappa shape index (κ3) is 3.36. The average molecular weight is 277 g/mol. The predicted octanol–water partition coefficient (Wildman–Crippen LogP) is 2.89. The number of fused-ring (bicyclic) bond motifs is 1. The number of amides is 1. The van der Waals surface area contributed by atoms with Crippen molar-refractivity contribution in [1.29, 1.82) is 0 Å². The van der Waals surface area contributed by atoms with E-state index in [2.05, 4.69) is 15.3 Å². The standard InChI is InChI=1S/C17H15N3O/c21-17(19-12-15-5-3-11-18-15)10-9-14-8-7-13-4-1-2-6-16(13)20-14/h1-11,18H,12H2,(H,19,21)/b10-9+. The van der Waals surface area contributed by atoms with Crippen LogP contribution in [0.1, 0.15) is 11.4 Å². The van der Waals surface area contributed by atoms with Gasteiger partial charge in [0, 0.05) is 23.4 Å². The molecule has 0 fully saturated rings. The van der Waals surface area contributed by atoms with Crippen LogP contribution < -0.4 is 5.32 Å². The van der Waals surface area contributed by atoms with E-state index in [1.54, 1.807) is 6.08 Å². The molecule has 104 valence electrons. The van der Waals surface area contributed by atoms with Crippen LogP contribution in [-0.2, 0) is 11.3 Å². The molecular formula is C17H15N3O. The molecule has 0 saturated heterocycles. The van der Waals surface area contributed by atoms with Crippen molar-refractivity contribution in [3.63, 3.8) is 0 Å². The van der Waals surface area contributed by atoms with Crippen molar-refractivity contribution in [2.24, 2.45) is 0 Å². The fraction of sp³-hybridized carbons (Fsp3) is 0.0588. The van der Waals surface area contributed by atoms with Crippen LogP contribution in [0.2, 0.25) is 0 Å². The van der Waals surface area contributed by atoms with Crippen LogP contribution in [0.4, 0.5) is 0 Å². The lowest BCUT2D eigenvalue weighted by Crippen LogP contribution is -2.20. The molecule has 21 heavy (non-hydrogen) atoms. The number of nitrogens with zero attached hydrogens (tertiary/aromatic N) is 1. The number of benzene rings is 1. The minimum atomic E-state index is -0.139. The summed E-state index contributed by atoms with van der Waals surface area (Å²) in [5, 5.41) is 3.90. The van der Waals surface area contributed by atoms with E-state index in [1.807, 2.05) is 54.7 Å². The van der Waals surface area contributed by atoms with Crippen molar-refractivity contribution in [2.45, 2.75) is 6.54 Å². The van der Waals surface area contributed by atoms with E-state index in [0.29, 0.717) is 6.54 Å². The first-order chi connectivity index (χ1) is 10.3. The summed E-state index contributed by atoms with van der Waals surface area (Å²) in [5.74, 6) is -0.139. The summed E-state index contributed by atoms with van der Waals surface area (Å²) in [5.41, 5.74) is 2.66. The molecule has 1 amide bonds. The van der Waals surface area contributed by atoms with Gasteiger partial charge in [-0.25, -0.2) is 4.98 Å². The monoisotopic (exact) mass is 277 g/mol. The van der Waals surface area contributed by atoms with E-state index in [-0.39, 0.29) is 5.91 Å². The molecule has 0 bridgehead atoms. The van der Waals surface area contributed by atoms with Crippen molar-refractivity contribution in [3.05, 3.63) is 72.2 Å². The van der Waals surface area contributed by atoms with Crippen LogP contribution in [0.3, 0.4) is 0 Å². The maximum atomic E-state index is 11.7. The molecule has 0 unspecified atom stereocenters. The van der Waals surface area contributed by atoms with Crippen LogP contribution in [0.5, 0.6) is 0 Å². The Hall–Kier alpha value is -2.88. The molecule has 2 aromatic heterocycles. The normalized spacial score (nSPS) is 11.0. The highest BCUT2D eigenvalue weighted by Crippen LogP contribution is 2.12. The predicted molar refractivity (Wildman–Crippen MR) is 83.4 cm³/mol. The number of rotatable bonds is 4. The molecule has 0 aliphatic carbocycles. The van der Waals surface area contributed by atoms with Crippen LogP contribution in [-0.4, -0.2) is 15.9 Å². The molecule has 1 aromatic carbocycles. The number of hydrogen-bond acceptors (Lipinski definition) is 2. The van der Waals surface area contributed by atoms with Crippen LogP contribution in [0, 0.1) is 0 Å². The first-order valence-corrected chi connectivity index (χ1v) is 6.75. The minimum Gasteiger partial charge on any atom is -0.364 e. The average Bonchev–Trinajstić information content (AvgIpc) is 3.04. The maximum Gasteiger partial charge on any atom is 0.244 e. The summed E-state index contributed by atoms with van der Waals surface area (Å²) in [4.78, 5) is 19.3. The SMILES string of the molecule is O=C(/C=C/c1ccc2ccccc2n1)NCc1ccc[nH]1. The van der Waals surface area contributed by atoms with Gasteiger partial charge in [-0.15, -0.1) is 0 Å². The Bertz CT molecular complexity index is 776. The van der Waals surface area contributed by atoms with Crippen LogP contribution in [0.25, 0.3) is 17.0 Å². The van der Waals surface area contributed by atoms with Gasteiger partial charge in [-0.05, 0) is 30.3 Å². The molecule has 4 nitrogen and oxygen atoms in total. The highest BCUT2D eigenvalue weighted by atomic mass is 16.1. The number of para-hydroxylation sites is 1. The first-order valence-electron chi connectivity index (χ1n) is 6.75. The lowest BCUT2D eigenvalue weighted by molar-refractivity contribution is -0.116. The third-order valence-corrected chi connectivity index (χ3v) is 3.14. The lowest BCUT2D eigenvalue weighted by atomic mass is 10.2. The molecular weight excluding hydrogens is 262 g/mol. The molecule has 0 spiro atoms. The fourth-order valence-electron chi connectivity index (χ4n) is 2.05. The lowest BCUT2D eigenvalue weighted by Gasteiger charge is -2.00. The number of aromatic nitrogens is 2. The summed E-state index contributed by atoms with van der Waals surface area (Å²) >= 11 is 0. The summed E-state index contributed by atoms with van der Waals surface area (Å²) in [6.45, 7) is 0.487. The highest BCUT2D eigenvalue weighted by molar-refractivity contribution is 5.91. The Kier molecular flexibility index (Phi) is 3.78. The fourth-order valence-corrected chi connectivity index (χ4v) is 2.05.